The number of rotatable bonds is 10. The number of fused-ring (bicyclic) bond motifs is 1. The molecule has 1 aliphatic heterocycles. The second-order valence-electron chi connectivity index (χ2n) is 11.5. The Labute approximate surface area is 273 Å². The van der Waals surface area contributed by atoms with Crippen molar-refractivity contribution in [3.63, 3.8) is 0 Å². The Balaban J connectivity index is 1.44. The largest absolute Gasteiger partial charge is 0.486 e. The lowest BCUT2D eigenvalue weighted by Crippen LogP contribution is -2.32. The Morgan fingerprint density at radius 1 is 1.02 bits per heavy atom. The quantitative estimate of drug-likeness (QED) is 0.184. The van der Waals surface area contributed by atoms with Gasteiger partial charge in [-0.25, -0.2) is 8.78 Å². The second-order valence-corrected chi connectivity index (χ2v) is 12.6. The van der Waals surface area contributed by atoms with Crippen molar-refractivity contribution in [2.24, 2.45) is 11.7 Å². The zero-order chi connectivity index (χ0) is 33.2. The van der Waals surface area contributed by atoms with Crippen LogP contribution in [-0.4, -0.2) is 39.7 Å². The van der Waals surface area contributed by atoms with E-state index in [0.29, 0.717) is 61.6 Å². The molecule has 242 valence electrons. The highest BCUT2D eigenvalue weighted by Gasteiger charge is 2.32. The fourth-order valence-corrected chi connectivity index (χ4v) is 6.38. The molecule has 1 atom stereocenters. The van der Waals surface area contributed by atoms with Gasteiger partial charge < -0.3 is 24.9 Å². The van der Waals surface area contributed by atoms with Crippen LogP contribution in [0, 0.1) is 24.5 Å². The number of benzene rings is 2. The number of amides is 2. The minimum atomic E-state index is -1.00. The normalized spacial score (nSPS) is 14.0. The van der Waals surface area contributed by atoms with Crippen LogP contribution in [0.1, 0.15) is 56.7 Å². The molecule has 0 spiro atoms. The van der Waals surface area contributed by atoms with Gasteiger partial charge in [0.15, 0.2) is 23.1 Å². The number of pyridine rings is 1. The Hall–Kier alpha value is -5.17. The van der Waals surface area contributed by atoms with Gasteiger partial charge in [0.2, 0.25) is 11.8 Å². The molecular formula is C34H31F2N5O5S. The van der Waals surface area contributed by atoms with E-state index < -0.39 is 29.6 Å². The van der Waals surface area contributed by atoms with Crippen LogP contribution in [0.2, 0.25) is 0 Å². The number of primary amides is 1. The number of nitrogens with one attached hydrogen (secondary N) is 1. The van der Waals surface area contributed by atoms with Gasteiger partial charge in [-0.05, 0) is 54.3 Å². The van der Waals surface area contributed by atoms with E-state index in [0.717, 1.165) is 23.5 Å². The van der Waals surface area contributed by atoms with Gasteiger partial charge >= 0.3 is 0 Å². The van der Waals surface area contributed by atoms with Crippen molar-refractivity contribution in [1.29, 1.82) is 0 Å². The van der Waals surface area contributed by atoms with E-state index in [1.807, 2.05) is 38.1 Å². The summed E-state index contributed by atoms with van der Waals surface area (Å²) in [6.07, 6.45) is 0.286. The van der Waals surface area contributed by atoms with E-state index in [4.69, 9.17) is 24.6 Å². The third-order valence-electron chi connectivity index (χ3n) is 7.44. The van der Waals surface area contributed by atoms with Crippen LogP contribution in [0.4, 0.5) is 8.78 Å². The maximum absolute atomic E-state index is 13.7. The molecular weight excluding hydrogens is 628 g/mol. The van der Waals surface area contributed by atoms with E-state index in [-0.39, 0.29) is 36.9 Å². The number of para-hydroxylation sites is 2. The number of carbonyl (C=O) groups excluding carboxylic acids is 2. The van der Waals surface area contributed by atoms with Gasteiger partial charge in [0.05, 0.1) is 27.4 Å². The molecule has 3 N–H and O–H groups in total. The highest BCUT2D eigenvalue weighted by atomic mass is 32.1. The second kappa shape index (κ2) is 13.3. The lowest BCUT2D eigenvalue weighted by Gasteiger charge is -2.27. The van der Waals surface area contributed by atoms with Gasteiger partial charge in [-0.15, -0.1) is 21.5 Å². The standard InChI is InChI=1S/C34H31F2N5O5S/c1-17(2)12-23-29(32(37)42)31(27-10-11-28(47-27)33(43)38-15-19-8-9-21(35)22(36)13-19)30(34-41-40-18(3)45-34)24(39-23)14-20-16-44-25-6-4-5-7-26(25)46-20/h4-11,13,17,20H,12,14-16H2,1-3H3,(H2,37,42)(H,38,43)/t20-/m0/s1. The molecule has 13 heteroatoms. The first kappa shape index (κ1) is 31.8. The molecule has 10 nitrogen and oxygen atoms in total. The minimum absolute atomic E-state index is 0.0210. The number of nitrogens with two attached hydrogens (primary N) is 1. The summed E-state index contributed by atoms with van der Waals surface area (Å²) in [5, 5.41) is 11.1. The van der Waals surface area contributed by atoms with E-state index in [1.165, 1.54) is 6.07 Å². The molecule has 0 radical (unpaired) electrons. The van der Waals surface area contributed by atoms with Crippen molar-refractivity contribution in [1.82, 2.24) is 20.5 Å². The van der Waals surface area contributed by atoms with E-state index in [1.54, 1.807) is 19.1 Å². The zero-order valence-corrected chi connectivity index (χ0v) is 26.6. The first-order valence-electron chi connectivity index (χ1n) is 14.9. The predicted octanol–water partition coefficient (Wildman–Crippen LogP) is 6.06. The van der Waals surface area contributed by atoms with Gasteiger partial charge in [0, 0.05) is 30.3 Å². The molecule has 0 unspecified atom stereocenters. The smallest absolute Gasteiger partial charge is 0.261 e. The maximum Gasteiger partial charge on any atom is 0.261 e. The third kappa shape index (κ3) is 6.85. The van der Waals surface area contributed by atoms with Crippen molar-refractivity contribution < 1.29 is 32.3 Å². The van der Waals surface area contributed by atoms with Crippen LogP contribution in [0.25, 0.3) is 21.9 Å². The summed E-state index contributed by atoms with van der Waals surface area (Å²) in [6.45, 7) is 5.91. The summed E-state index contributed by atoms with van der Waals surface area (Å²) < 4.78 is 45.2. The molecule has 2 amide bonds. The van der Waals surface area contributed by atoms with Gasteiger partial charge in [-0.3, -0.25) is 14.6 Å². The van der Waals surface area contributed by atoms with Crippen LogP contribution < -0.4 is 20.5 Å². The number of carbonyl (C=O) groups is 2. The fourth-order valence-electron chi connectivity index (χ4n) is 5.40. The van der Waals surface area contributed by atoms with Crippen molar-refractivity contribution >= 4 is 23.2 Å². The number of halogens is 2. The predicted molar refractivity (Wildman–Crippen MR) is 170 cm³/mol. The number of thiophene rings is 1. The molecule has 5 aromatic rings. The zero-order valence-electron chi connectivity index (χ0n) is 25.8. The number of ether oxygens (including phenoxy) is 2. The molecule has 2 aromatic carbocycles. The van der Waals surface area contributed by atoms with Crippen molar-refractivity contribution in [3.05, 3.63) is 99.5 Å². The van der Waals surface area contributed by atoms with Crippen LogP contribution >= 0.6 is 11.3 Å². The number of nitrogens with zero attached hydrogens (tertiary/aromatic N) is 3. The molecule has 6 rings (SSSR count). The lowest BCUT2D eigenvalue weighted by molar-refractivity contribution is 0.0906. The third-order valence-corrected chi connectivity index (χ3v) is 8.54. The Morgan fingerprint density at radius 3 is 2.51 bits per heavy atom. The van der Waals surface area contributed by atoms with E-state index >= 15 is 0 Å². The topological polar surface area (TPSA) is 142 Å². The summed E-state index contributed by atoms with van der Waals surface area (Å²) in [4.78, 5) is 32.2. The van der Waals surface area contributed by atoms with Crippen LogP contribution in [0.5, 0.6) is 11.5 Å². The van der Waals surface area contributed by atoms with Gasteiger partial charge in [-0.2, -0.15) is 0 Å². The highest BCUT2D eigenvalue weighted by Crippen LogP contribution is 2.42. The average molecular weight is 660 g/mol. The van der Waals surface area contributed by atoms with Crippen LogP contribution in [0.3, 0.4) is 0 Å². The Bertz CT molecular complexity index is 1970. The van der Waals surface area contributed by atoms with Crippen LogP contribution in [0.15, 0.2) is 59.0 Å². The van der Waals surface area contributed by atoms with Crippen LogP contribution in [-0.2, 0) is 19.4 Å². The summed E-state index contributed by atoms with van der Waals surface area (Å²) in [7, 11) is 0. The van der Waals surface area contributed by atoms with E-state index in [9.17, 15) is 18.4 Å². The van der Waals surface area contributed by atoms with Crippen molar-refractivity contribution in [2.75, 3.05) is 6.61 Å². The molecule has 4 heterocycles. The lowest BCUT2D eigenvalue weighted by atomic mass is 9.91. The molecule has 3 aromatic heterocycles. The maximum atomic E-state index is 13.7. The van der Waals surface area contributed by atoms with Gasteiger partial charge in [0.25, 0.3) is 11.8 Å². The number of hydrogen-bond donors (Lipinski definition) is 2. The minimum Gasteiger partial charge on any atom is -0.486 e. The average Bonchev–Trinajstić information content (AvgIpc) is 3.70. The van der Waals surface area contributed by atoms with Crippen molar-refractivity contribution in [2.45, 2.75) is 46.3 Å². The number of aryl methyl sites for hydroxylation is 1. The molecule has 0 fully saturated rings. The summed E-state index contributed by atoms with van der Waals surface area (Å²) >= 11 is 1.13. The molecule has 0 saturated heterocycles. The first-order valence-corrected chi connectivity index (χ1v) is 15.8. The summed E-state index contributed by atoms with van der Waals surface area (Å²) in [5.41, 5.74) is 8.49. The Kier molecular flexibility index (Phi) is 8.99. The Morgan fingerprint density at radius 2 is 1.81 bits per heavy atom. The van der Waals surface area contributed by atoms with Crippen molar-refractivity contribution in [3.8, 4) is 33.4 Å². The summed E-state index contributed by atoms with van der Waals surface area (Å²) in [6, 6.07) is 14.1. The van der Waals surface area contributed by atoms with E-state index in [2.05, 4.69) is 15.5 Å². The van der Waals surface area contributed by atoms with Gasteiger partial charge in [0.1, 0.15) is 12.7 Å². The molecule has 1 aliphatic rings. The number of hydrogen-bond acceptors (Lipinski definition) is 9. The monoisotopic (exact) mass is 659 g/mol. The first-order chi connectivity index (χ1) is 22.6. The molecule has 0 aliphatic carbocycles. The molecule has 47 heavy (non-hydrogen) atoms. The molecule has 0 bridgehead atoms. The highest BCUT2D eigenvalue weighted by molar-refractivity contribution is 7.17. The molecule has 0 saturated carbocycles. The van der Waals surface area contributed by atoms with Gasteiger partial charge in [-0.1, -0.05) is 32.0 Å². The fraction of sp³-hybridized carbons (Fsp3) is 0.265. The SMILES string of the molecule is Cc1nnc(-c2c(C[C@H]3COc4ccccc4O3)nc(CC(C)C)c(C(N)=O)c2-c2ccc(C(=O)NCc3ccc(F)c(F)c3)s2)o1. The number of aromatic nitrogens is 3. The summed E-state index contributed by atoms with van der Waals surface area (Å²) in [5.74, 6) is -1.30.